The van der Waals surface area contributed by atoms with Crippen LogP contribution >= 0.6 is 0 Å². The van der Waals surface area contributed by atoms with Crippen molar-refractivity contribution in [2.24, 2.45) is 5.73 Å². The molecule has 6 heteroatoms. The molecule has 1 fully saturated rings. The minimum absolute atomic E-state index is 0.297. The summed E-state index contributed by atoms with van der Waals surface area (Å²) in [5.74, 6) is 0.592. The van der Waals surface area contributed by atoms with Gasteiger partial charge in [0, 0.05) is 66.6 Å². The summed E-state index contributed by atoms with van der Waals surface area (Å²) in [7, 11) is 2.15. The maximum atomic E-state index is 12.1. The Hall–Kier alpha value is -2.86. The van der Waals surface area contributed by atoms with Gasteiger partial charge in [0.15, 0.2) is 0 Å². The van der Waals surface area contributed by atoms with Gasteiger partial charge in [-0.05, 0) is 56.8 Å². The summed E-state index contributed by atoms with van der Waals surface area (Å²) in [6.07, 6.45) is 3.91. The number of hydrogen-bond acceptors (Lipinski definition) is 4. The quantitative estimate of drug-likeness (QED) is 0.758. The average molecular weight is 377 g/mol. The van der Waals surface area contributed by atoms with Crippen molar-refractivity contribution in [1.82, 2.24) is 14.5 Å². The van der Waals surface area contributed by atoms with Crippen LogP contribution in [0.15, 0.2) is 42.7 Å². The second-order valence-electron chi connectivity index (χ2n) is 7.83. The van der Waals surface area contributed by atoms with Crippen molar-refractivity contribution in [2.75, 3.05) is 38.1 Å². The molecule has 2 aromatic heterocycles. The molecule has 146 valence electrons. The normalized spacial score (nSPS) is 15.5. The zero-order valence-electron chi connectivity index (χ0n) is 16.7. The van der Waals surface area contributed by atoms with Gasteiger partial charge in [-0.15, -0.1) is 0 Å². The van der Waals surface area contributed by atoms with Crippen LogP contribution in [-0.2, 0) is 0 Å². The first-order valence-electron chi connectivity index (χ1n) is 9.78. The molecule has 0 saturated carbocycles. The lowest BCUT2D eigenvalue weighted by atomic mass is 10.0. The average Bonchev–Trinajstić information content (AvgIpc) is 3.12. The molecule has 0 unspecified atom stereocenters. The van der Waals surface area contributed by atoms with Crippen LogP contribution in [0.25, 0.3) is 22.0 Å². The zero-order valence-corrected chi connectivity index (χ0v) is 16.7. The Morgan fingerprint density at radius 2 is 1.82 bits per heavy atom. The molecular weight excluding hydrogens is 350 g/mol. The SMILES string of the molecule is CC(C)n1ccc2c(C(N)=O)cc(-c3ccc(N4CCN(C)CC4)nc3)cc21. The van der Waals surface area contributed by atoms with Gasteiger partial charge in [0.1, 0.15) is 5.82 Å². The van der Waals surface area contributed by atoms with E-state index in [0.717, 1.165) is 54.0 Å². The molecule has 0 spiro atoms. The highest BCUT2D eigenvalue weighted by Gasteiger charge is 2.17. The maximum absolute atomic E-state index is 12.1. The van der Waals surface area contributed by atoms with E-state index in [1.807, 2.05) is 24.5 Å². The highest BCUT2D eigenvalue weighted by atomic mass is 16.1. The standard InChI is InChI=1S/C22H27N5O/c1-15(2)27-7-6-18-19(22(23)28)12-17(13-20(18)27)16-4-5-21(24-14-16)26-10-8-25(3)9-11-26/h4-7,12-15H,8-11H2,1-3H3,(H2,23,28). The van der Waals surface area contributed by atoms with E-state index in [1.54, 1.807) is 0 Å². The molecule has 1 aromatic carbocycles. The van der Waals surface area contributed by atoms with Gasteiger partial charge in [-0.25, -0.2) is 4.98 Å². The first kappa shape index (κ1) is 18.5. The lowest BCUT2D eigenvalue weighted by Gasteiger charge is -2.33. The molecule has 3 aromatic rings. The number of benzene rings is 1. The fourth-order valence-corrected chi connectivity index (χ4v) is 3.86. The Kier molecular flexibility index (Phi) is 4.81. The molecule has 2 N–H and O–H groups in total. The van der Waals surface area contributed by atoms with E-state index in [0.29, 0.717) is 11.6 Å². The van der Waals surface area contributed by atoms with E-state index in [4.69, 9.17) is 5.73 Å². The molecule has 0 bridgehead atoms. The van der Waals surface area contributed by atoms with Crippen molar-refractivity contribution in [1.29, 1.82) is 0 Å². The van der Waals surface area contributed by atoms with Crippen molar-refractivity contribution in [2.45, 2.75) is 19.9 Å². The lowest BCUT2D eigenvalue weighted by Crippen LogP contribution is -2.44. The van der Waals surface area contributed by atoms with Crippen LogP contribution < -0.4 is 10.6 Å². The second kappa shape index (κ2) is 7.28. The number of likely N-dealkylation sites (N-methyl/N-ethyl adjacent to an activating group) is 1. The molecule has 1 amide bonds. The number of aromatic nitrogens is 2. The van der Waals surface area contributed by atoms with E-state index in [2.05, 4.69) is 58.4 Å². The van der Waals surface area contributed by atoms with Crippen LogP contribution in [0.1, 0.15) is 30.2 Å². The van der Waals surface area contributed by atoms with Crippen LogP contribution in [0, 0.1) is 0 Å². The van der Waals surface area contributed by atoms with E-state index >= 15 is 0 Å². The van der Waals surface area contributed by atoms with Crippen molar-refractivity contribution in [3.63, 3.8) is 0 Å². The van der Waals surface area contributed by atoms with E-state index < -0.39 is 5.91 Å². The first-order valence-corrected chi connectivity index (χ1v) is 9.78. The Balaban J connectivity index is 1.72. The van der Waals surface area contributed by atoms with Gasteiger partial charge in [0.05, 0.1) is 0 Å². The van der Waals surface area contributed by atoms with Crippen molar-refractivity contribution in [3.05, 3.63) is 48.3 Å². The summed E-state index contributed by atoms with van der Waals surface area (Å²) in [5, 5.41) is 0.895. The summed E-state index contributed by atoms with van der Waals surface area (Å²) < 4.78 is 2.16. The number of piperazine rings is 1. The van der Waals surface area contributed by atoms with Gasteiger partial charge < -0.3 is 20.1 Å². The fraction of sp³-hybridized carbons (Fsp3) is 0.364. The van der Waals surface area contributed by atoms with Gasteiger partial charge >= 0.3 is 0 Å². The van der Waals surface area contributed by atoms with Gasteiger partial charge in [-0.3, -0.25) is 4.79 Å². The summed E-state index contributed by atoms with van der Waals surface area (Å²) >= 11 is 0. The van der Waals surface area contributed by atoms with Gasteiger partial charge in [-0.2, -0.15) is 0 Å². The molecule has 6 nitrogen and oxygen atoms in total. The van der Waals surface area contributed by atoms with Crippen LogP contribution in [0.5, 0.6) is 0 Å². The molecule has 0 aliphatic carbocycles. The number of amides is 1. The number of nitrogens with two attached hydrogens (primary N) is 1. The van der Waals surface area contributed by atoms with Crippen molar-refractivity contribution in [3.8, 4) is 11.1 Å². The Bertz CT molecular complexity index is 998. The van der Waals surface area contributed by atoms with Crippen LogP contribution in [-0.4, -0.2) is 53.6 Å². The molecular formula is C22H27N5O. The third kappa shape index (κ3) is 3.36. The molecule has 3 heterocycles. The number of anilines is 1. The van der Waals surface area contributed by atoms with E-state index in [1.165, 1.54) is 0 Å². The fourth-order valence-electron chi connectivity index (χ4n) is 3.86. The highest BCUT2D eigenvalue weighted by molar-refractivity contribution is 6.07. The number of nitrogens with zero attached hydrogens (tertiary/aromatic N) is 4. The number of hydrogen-bond donors (Lipinski definition) is 1. The Morgan fingerprint density at radius 1 is 1.07 bits per heavy atom. The van der Waals surface area contributed by atoms with E-state index in [-0.39, 0.29) is 0 Å². The van der Waals surface area contributed by atoms with Crippen LogP contribution in [0.4, 0.5) is 5.82 Å². The smallest absolute Gasteiger partial charge is 0.249 e. The van der Waals surface area contributed by atoms with Crippen LogP contribution in [0.2, 0.25) is 0 Å². The highest BCUT2D eigenvalue weighted by Crippen LogP contribution is 2.30. The zero-order chi connectivity index (χ0) is 19.8. The number of rotatable bonds is 4. The maximum Gasteiger partial charge on any atom is 0.249 e. The molecule has 0 atom stereocenters. The van der Waals surface area contributed by atoms with E-state index in [9.17, 15) is 4.79 Å². The van der Waals surface area contributed by atoms with Crippen molar-refractivity contribution >= 4 is 22.6 Å². The molecule has 4 rings (SSSR count). The molecule has 1 saturated heterocycles. The summed E-state index contributed by atoms with van der Waals surface area (Å²) in [6, 6.07) is 10.4. The summed E-state index contributed by atoms with van der Waals surface area (Å²) in [6.45, 7) is 8.33. The minimum Gasteiger partial charge on any atom is -0.366 e. The molecule has 1 aliphatic rings. The number of carbonyl (C=O) groups excluding carboxylic acids is 1. The minimum atomic E-state index is -0.407. The monoisotopic (exact) mass is 377 g/mol. The van der Waals surface area contributed by atoms with Gasteiger partial charge in [-0.1, -0.05) is 0 Å². The van der Waals surface area contributed by atoms with Crippen molar-refractivity contribution < 1.29 is 4.79 Å². The van der Waals surface area contributed by atoms with Crippen LogP contribution in [0.3, 0.4) is 0 Å². The summed E-state index contributed by atoms with van der Waals surface area (Å²) in [5.41, 5.74) is 9.18. The number of fused-ring (bicyclic) bond motifs is 1. The second-order valence-corrected chi connectivity index (χ2v) is 7.83. The molecule has 0 radical (unpaired) electrons. The third-order valence-corrected chi connectivity index (χ3v) is 5.57. The molecule has 28 heavy (non-hydrogen) atoms. The number of pyridine rings is 1. The number of carbonyl (C=O) groups is 1. The lowest BCUT2D eigenvalue weighted by molar-refractivity contribution is 0.100. The van der Waals surface area contributed by atoms with Gasteiger partial charge in [0.25, 0.3) is 0 Å². The first-order chi connectivity index (χ1) is 13.4. The largest absolute Gasteiger partial charge is 0.366 e. The Labute approximate surface area is 165 Å². The third-order valence-electron chi connectivity index (χ3n) is 5.57. The predicted molar refractivity (Wildman–Crippen MR) is 114 cm³/mol. The predicted octanol–water partition coefficient (Wildman–Crippen LogP) is 3.13. The molecule has 1 aliphatic heterocycles. The number of primary amides is 1. The summed E-state index contributed by atoms with van der Waals surface area (Å²) in [4.78, 5) is 21.4. The topological polar surface area (TPSA) is 67.4 Å². The van der Waals surface area contributed by atoms with Gasteiger partial charge in [0.2, 0.25) is 5.91 Å². The Morgan fingerprint density at radius 3 is 2.43 bits per heavy atom.